The van der Waals surface area contributed by atoms with Crippen LogP contribution in [0, 0.1) is 13.8 Å². The Morgan fingerprint density at radius 1 is 1.32 bits per heavy atom. The standard InChI is InChI=1S/C16H25NO2/c1-5-7-11-17-16(18)14(6-2)19-15-10-8-9-12(3)13(15)4/h8-10,14H,5-7,11H2,1-4H3,(H,17,18). The SMILES string of the molecule is CCCCNC(=O)C(CC)Oc1cccc(C)c1C. The van der Waals surface area contributed by atoms with E-state index in [0.717, 1.165) is 30.7 Å². The van der Waals surface area contributed by atoms with Gasteiger partial charge in [0.2, 0.25) is 0 Å². The van der Waals surface area contributed by atoms with Crippen LogP contribution in [0.3, 0.4) is 0 Å². The maximum absolute atomic E-state index is 12.0. The highest BCUT2D eigenvalue weighted by Gasteiger charge is 2.18. The second kappa shape index (κ2) is 7.82. The Morgan fingerprint density at radius 2 is 2.05 bits per heavy atom. The number of benzene rings is 1. The van der Waals surface area contributed by atoms with Gasteiger partial charge in [-0.2, -0.15) is 0 Å². The molecule has 0 saturated carbocycles. The molecule has 1 amide bonds. The Morgan fingerprint density at radius 3 is 2.68 bits per heavy atom. The van der Waals surface area contributed by atoms with E-state index >= 15 is 0 Å². The molecule has 0 aromatic heterocycles. The number of carbonyl (C=O) groups is 1. The molecule has 0 saturated heterocycles. The van der Waals surface area contributed by atoms with Crippen molar-refractivity contribution in [1.29, 1.82) is 0 Å². The van der Waals surface area contributed by atoms with Crippen LogP contribution in [0.1, 0.15) is 44.2 Å². The molecule has 106 valence electrons. The fraction of sp³-hybridized carbons (Fsp3) is 0.562. The summed E-state index contributed by atoms with van der Waals surface area (Å²) in [6, 6.07) is 5.92. The van der Waals surface area contributed by atoms with E-state index in [4.69, 9.17) is 4.74 Å². The van der Waals surface area contributed by atoms with Crippen LogP contribution in [-0.4, -0.2) is 18.6 Å². The zero-order valence-corrected chi connectivity index (χ0v) is 12.5. The Bertz CT molecular complexity index is 415. The first-order valence-electron chi connectivity index (χ1n) is 7.10. The Balaban J connectivity index is 2.65. The highest BCUT2D eigenvalue weighted by Crippen LogP contribution is 2.22. The summed E-state index contributed by atoms with van der Waals surface area (Å²) in [6.45, 7) is 8.87. The van der Waals surface area contributed by atoms with E-state index in [1.807, 2.05) is 39.0 Å². The van der Waals surface area contributed by atoms with Crippen LogP contribution in [0.2, 0.25) is 0 Å². The van der Waals surface area contributed by atoms with Gasteiger partial charge in [-0.25, -0.2) is 0 Å². The van der Waals surface area contributed by atoms with E-state index in [1.54, 1.807) is 0 Å². The first-order valence-corrected chi connectivity index (χ1v) is 7.10. The van der Waals surface area contributed by atoms with Gasteiger partial charge in [0.25, 0.3) is 5.91 Å². The van der Waals surface area contributed by atoms with E-state index in [1.165, 1.54) is 5.56 Å². The molecule has 0 fully saturated rings. The third-order valence-corrected chi connectivity index (χ3v) is 3.32. The van der Waals surface area contributed by atoms with E-state index < -0.39 is 6.10 Å². The second-order valence-electron chi connectivity index (χ2n) is 4.86. The molecule has 1 aromatic rings. The number of carbonyl (C=O) groups excluding carboxylic acids is 1. The van der Waals surface area contributed by atoms with Crippen LogP contribution in [-0.2, 0) is 4.79 Å². The van der Waals surface area contributed by atoms with E-state index in [-0.39, 0.29) is 5.91 Å². The lowest BCUT2D eigenvalue weighted by Gasteiger charge is -2.19. The van der Waals surface area contributed by atoms with Gasteiger partial charge in [0.15, 0.2) is 6.10 Å². The van der Waals surface area contributed by atoms with Crippen LogP contribution in [0.5, 0.6) is 5.75 Å². The summed E-state index contributed by atoms with van der Waals surface area (Å²) >= 11 is 0. The highest BCUT2D eigenvalue weighted by atomic mass is 16.5. The molecule has 3 heteroatoms. The predicted octanol–water partition coefficient (Wildman–Crippen LogP) is 3.38. The number of nitrogens with one attached hydrogen (secondary N) is 1. The minimum atomic E-state index is -0.405. The van der Waals surface area contributed by atoms with Crippen LogP contribution in [0.25, 0.3) is 0 Å². The van der Waals surface area contributed by atoms with Crippen molar-refractivity contribution in [2.24, 2.45) is 0 Å². The zero-order valence-electron chi connectivity index (χ0n) is 12.5. The van der Waals surface area contributed by atoms with Crippen molar-refractivity contribution in [3.63, 3.8) is 0 Å². The van der Waals surface area contributed by atoms with Crippen molar-refractivity contribution < 1.29 is 9.53 Å². The molecular formula is C16H25NO2. The molecule has 0 heterocycles. The van der Waals surface area contributed by atoms with Crippen molar-refractivity contribution in [2.75, 3.05) is 6.54 Å². The van der Waals surface area contributed by atoms with Crippen LogP contribution >= 0.6 is 0 Å². The molecule has 0 aliphatic rings. The van der Waals surface area contributed by atoms with Crippen molar-refractivity contribution in [3.05, 3.63) is 29.3 Å². The molecule has 0 radical (unpaired) electrons. The van der Waals surface area contributed by atoms with Crippen molar-refractivity contribution in [3.8, 4) is 5.75 Å². The molecule has 0 spiro atoms. The number of rotatable bonds is 7. The van der Waals surface area contributed by atoms with Gasteiger partial charge in [0, 0.05) is 6.54 Å². The lowest BCUT2D eigenvalue weighted by Crippen LogP contribution is -2.38. The Kier molecular flexibility index (Phi) is 6.40. The number of amides is 1. The average Bonchev–Trinajstić information content (AvgIpc) is 2.40. The van der Waals surface area contributed by atoms with E-state index in [9.17, 15) is 4.79 Å². The van der Waals surface area contributed by atoms with E-state index in [2.05, 4.69) is 12.2 Å². The number of unbranched alkanes of at least 4 members (excludes halogenated alkanes) is 1. The molecule has 1 unspecified atom stereocenters. The summed E-state index contributed by atoms with van der Waals surface area (Å²) in [5, 5.41) is 2.92. The van der Waals surface area contributed by atoms with Gasteiger partial charge >= 0.3 is 0 Å². The van der Waals surface area contributed by atoms with Crippen LogP contribution in [0.4, 0.5) is 0 Å². The monoisotopic (exact) mass is 263 g/mol. The molecule has 0 aliphatic heterocycles. The molecule has 19 heavy (non-hydrogen) atoms. The van der Waals surface area contributed by atoms with Gasteiger partial charge in [-0.3, -0.25) is 4.79 Å². The smallest absolute Gasteiger partial charge is 0.261 e. The summed E-state index contributed by atoms with van der Waals surface area (Å²) in [5.74, 6) is 0.786. The normalized spacial score (nSPS) is 12.0. The summed E-state index contributed by atoms with van der Waals surface area (Å²) in [6.07, 6.45) is 2.35. The van der Waals surface area contributed by atoms with Crippen molar-refractivity contribution in [1.82, 2.24) is 5.32 Å². The molecule has 1 atom stereocenters. The van der Waals surface area contributed by atoms with Gasteiger partial charge in [-0.15, -0.1) is 0 Å². The highest BCUT2D eigenvalue weighted by molar-refractivity contribution is 5.81. The van der Waals surface area contributed by atoms with Gasteiger partial charge in [-0.1, -0.05) is 32.4 Å². The number of hydrogen-bond donors (Lipinski definition) is 1. The predicted molar refractivity (Wildman–Crippen MR) is 78.5 cm³/mol. The van der Waals surface area contributed by atoms with Gasteiger partial charge in [-0.05, 0) is 43.9 Å². The molecule has 0 bridgehead atoms. The first-order chi connectivity index (χ1) is 9.10. The maximum Gasteiger partial charge on any atom is 0.261 e. The fourth-order valence-electron chi connectivity index (χ4n) is 1.83. The van der Waals surface area contributed by atoms with Crippen LogP contribution in [0.15, 0.2) is 18.2 Å². The van der Waals surface area contributed by atoms with Gasteiger partial charge in [0.1, 0.15) is 5.75 Å². The van der Waals surface area contributed by atoms with Gasteiger partial charge in [0.05, 0.1) is 0 Å². The summed E-state index contributed by atoms with van der Waals surface area (Å²) in [5.41, 5.74) is 2.28. The fourth-order valence-corrected chi connectivity index (χ4v) is 1.83. The lowest BCUT2D eigenvalue weighted by molar-refractivity contribution is -0.128. The molecule has 1 rings (SSSR count). The third kappa shape index (κ3) is 4.58. The largest absolute Gasteiger partial charge is 0.480 e. The first kappa shape index (κ1) is 15.5. The molecule has 3 nitrogen and oxygen atoms in total. The number of hydrogen-bond acceptors (Lipinski definition) is 2. The van der Waals surface area contributed by atoms with Gasteiger partial charge < -0.3 is 10.1 Å². The van der Waals surface area contributed by atoms with Crippen molar-refractivity contribution >= 4 is 5.91 Å². The van der Waals surface area contributed by atoms with Crippen molar-refractivity contribution in [2.45, 2.75) is 53.1 Å². The summed E-state index contributed by atoms with van der Waals surface area (Å²) < 4.78 is 5.86. The average molecular weight is 263 g/mol. The molecule has 1 N–H and O–H groups in total. The number of ether oxygens (including phenoxy) is 1. The second-order valence-corrected chi connectivity index (χ2v) is 4.86. The minimum absolute atomic E-state index is 0.0168. The Hall–Kier alpha value is -1.51. The minimum Gasteiger partial charge on any atom is -0.480 e. The zero-order chi connectivity index (χ0) is 14.3. The third-order valence-electron chi connectivity index (χ3n) is 3.32. The quantitative estimate of drug-likeness (QED) is 0.766. The summed E-state index contributed by atoms with van der Waals surface area (Å²) in [4.78, 5) is 12.0. The van der Waals surface area contributed by atoms with Crippen LogP contribution < -0.4 is 10.1 Å². The Labute approximate surface area is 116 Å². The molecular weight excluding hydrogens is 238 g/mol. The molecule has 0 aliphatic carbocycles. The maximum atomic E-state index is 12.0. The number of aryl methyl sites for hydroxylation is 1. The molecule has 1 aromatic carbocycles. The van der Waals surface area contributed by atoms with E-state index in [0.29, 0.717) is 6.42 Å². The summed E-state index contributed by atoms with van der Waals surface area (Å²) in [7, 11) is 0. The topological polar surface area (TPSA) is 38.3 Å². The lowest BCUT2D eigenvalue weighted by atomic mass is 10.1.